The summed E-state index contributed by atoms with van der Waals surface area (Å²) in [5, 5.41) is 2.97. The van der Waals surface area contributed by atoms with Crippen molar-refractivity contribution >= 4 is 33.8 Å². The van der Waals surface area contributed by atoms with E-state index in [1.54, 1.807) is 6.07 Å². The number of aryl methyl sites for hydroxylation is 1. The average molecular weight is 499 g/mol. The molecule has 0 aromatic heterocycles. The first-order valence-corrected chi connectivity index (χ1v) is 11.7. The van der Waals surface area contributed by atoms with E-state index in [0.717, 1.165) is 48.1 Å². The highest BCUT2D eigenvalue weighted by atomic mass is 79.9. The van der Waals surface area contributed by atoms with Crippen LogP contribution in [0.3, 0.4) is 0 Å². The summed E-state index contributed by atoms with van der Waals surface area (Å²) < 4.78 is 0.959. The molecule has 2 saturated heterocycles. The van der Waals surface area contributed by atoms with Gasteiger partial charge in [-0.05, 0) is 61.6 Å². The van der Waals surface area contributed by atoms with Gasteiger partial charge < -0.3 is 16.0 Å². The van der Waals surface area contributed by atoms with Crippen molar-refractivity contribution in [2.75, 3.05) is 19.6 Å². The summed E-state index contributed by atoms with van der Waals surface area (Å²) in [4.78, 5) is 40.9. The molecule has 2 aliphatic heterocycles. The molecule has 0 aliphatic carbocycles. The number of piperidine rings is 1. The maximum Gasteiger partial charge on any atom is 0.325 e. The Kier molecular flexibility index (Phi) is 6.62. The van der Waals surface area contributed by atoms with Crippen molar-refractivity contribution in [3.63, 3.8) is 0 Å². The fourth-order valence-electron chi connectivity index (χ4n) is 4.56. The lowest BCUT2D eigenvalue weighted by Crippen LogP contribution is -2.55. The largest absolute Gasteiger partial charge is 0.366 e. The quantitative estimate of drug-likeness (QED) is 0.573. The van der Waals surface area contributed by atoms with E-state index < -0.39 is 11.4 Å². The Bertz CT molecular complexity index is 1020. The number of hydrogen-bond acceptors (Lipinski definition) is 4. The average Bonchev–Trinajstić information content (AvgIpc) is 3.01. The Morgan fingerprint density at radius 2 is 1.75 bits per heavy atom. The molecule has 0 bridgehead atoms. The van der Waals surface area contributed by atoms with Gasteiger partial charge in [0.2, 0.25) is 5.91 Å². The Hall–Kier alpha value is -2.71. The van der Waals surface area contributed by atoms with Gasteiger partial charge in [-0.1, -0.05) is 46.3 Å². The number of benzene rings is 2. The number of primary amides is 1. The molecule has 0 unspecified atom stereocenters. The number of carbonyl (C=O) groups excluding carboxylic acids is 3. The summed E-state index contributed by atoms with van der Waals surface area (Å²) in [6, 6.07) is 14.8. The molecule has 4 amide bonds. The number of urea groups is 1. The Morgan fingerprint density at radius 3 is 2.44 bits per heavy atom. The second-order valence-electron chi connectivity index (χ2n) is 8.50. The van der Waals surface area contributed by atoms with Crippen LogP contribution < -0.4 is 11.1 Å². The number of likely N-dealkylation sites (tertiary alicyclic amines) is 1. The van der Waals surface area contributed by atoms with Gasteiger partial charge in [0, 0.05) is 23.1 Å². The number of nitrogens with two attached hydrogens (primary N) is 1. The van der Waals surface area contributed by atoms with Crippen LogP contribution in [0.15, 0.2) is 53.0 Å². The van der Waals surface area contributed by atoms with Crippen LogP contribution in [0.4, 0.5) is 4.79 Å². The van der Waals surface area contributed by atoms with Crippen LogP contribution >= 0.6 is 15.9 Å². The van der Waals surface area contributed by atoms with E-state index in [0.29, 0.717) is 18.4 Å². The highest BCUT2D eigenvalue weighted by molar-refractivity contribution is 9.10. The number of halogens is 1. The molecule has 7 nitrogen and oxygen atoms in total. The van der Waals surface area contributed by atoms with E-state index in [2.05, 4.69) is 26.1 Å². The number of imide groups is 1. The number of nitrogens with zero attached hydrogens (tertiary/aromatic N) is 2. The van der Waals surface area contributed by atoms with Crippen LogP contribution in [0.25, 0.3) is 0 Å². The van der Waals surface area contributed by atoms with Crippen molar-refractivity contribution in [1.29, 1.82) is 0 Å². The van der Waals surface area contributed by atoms with Crippen molar-refractivity contribution in [3.05, 3.63) is 69.7 Å². The van der Waals surface area contributed by atoms with Crippen molar-refractivity contribution in [3.8, 4) is 0 Å². The molecule has 2 fully saturated rings. The summed E-state index contributed by atoms with van der Waals surface area (Å²) in [7, 11) is 0. The predicted molar refractivity (Wildman–Crippen MR) is 125 cm³/mol. The summed E-state index contributed by atoms with van der Waals surface area (Å²) >= 11 is 3.40. The van der Waals surface area contributed by atoms with Gasteiger partial charge in [-0.2, -0.15) is 0 Å². The normalized spacial score (nSPS) is 18.2. The van der Waals surface area contributed by atoms with Gasteiger partial charge in [0.05, 0.1) is 6.54 Å². The van der Waals surface area contributed by atoms with Crippen molar-refractivity contribution in [2.24, 2.45) is 5.73 Å². The van der Waals surface area contributed by atoms with E-state index >= 15 is 0 Å². The third kappa shape index (κ3) is 4.71. The summed E-state index contributed by atoms with van der Waals surface area (Å²) in [6.45, 7) is 2.64. The summed E-state index contributed by atoms with van der Waals surface area (Å²) in [5.41, 5.74) is 7.14. The minimum absolute atomic E-state index is 0.125. The molecule has 168 valence electrons. The zero-order valence-electron chi connectivity index (χ0n) is 17.9. The summed E-state index contributed by atoms with van der Waals surface area (Å²) in [5.74, 6) is -0.524. The second-order valence-corrected chi connectivity index (χ2v) is 9.41. The number of carbonyl (C=O) groups is 3. The molecule has 2 heterocycles. The first-order chi connectivity index (χ1) is 15.4. The molecule has 32 heavy (non-hydrogen) atoms. The second kappa shape index (κ2) is 9.42. The lowest BCUT2D eigenvalue weighted by atomic mass is 9.87. The van der Waals surface area contributed by atoms with Crippen molar-refractivity contribution < 1.29 is 14.4 Å². The molecule has 4 rings (SSSR count). The van der Waals surface area contributed by atoms with Crippen molar-refractivity contribution in [1.82, 2.24) is 15.1 Å². The zero-order valence-corrected chi connectivity index (χ0v) is 19.4. The van der Waals surface area contributed by atoms with Crippen LogP contribution in [0.2, 0.25) is 0 Å². The zero-order chi connectivity index (χ0) is 22.7. The van der Waals surface area contributed by atoms with Crippen LogP contribution in [-0.2, 0) is 17.8 Å². The Balaban J connectivity index is 1.30. The van der Waals surface area contributed by atoms with Gasteiger partial charge in [0.1, 0.15) is 5.54 Å². The monoisotopic (exact) mass is 498 g/mol. The molecule has 0 atom stereocenters. The molecule has 0 saturated carbocycles. The maximum atomic E-state index is 13.1. The lowest BCUT2D eigenvalue weighted by molar-refractivity contribution is -0.133. The van der Waals surface area contributed by atoms with E-state index in [1.807, 2.05) is 42.5 Å². The van der Waals surface area contributed by atoms with Crippen LogP contribution in [-0.4, -0.2) is 52.8 Å². The summed E-state index contributed by atoms with van der Waals surface area (Å²) in [6.07, 6.45) is 2.88. The molecule has 1 spiro atoms. The Labute approximate surface area is 196 Å². The molecular weight excluding hydrogens is 472 g/mol. The Morgan fingerprint density at radius 1 is 1.06 bits per heavy atom. The molecule has 2 aliphatic rings. The van der Waals surface area contributed by atoms with Crippen LogP contribution in [0.1, 0.15) is 40.7 Å². The van der Waals surface area contributed by atoms with Crippen LogP contribution in [0.5, 0.6) is 0 Å². The van der Waals surface area contributed by atoms with Gasteiger partial charge in [0.25, 0.3) is 5.91 Å². The van der Waals surface area contributed by atoms with E-state index in [1.165, 1.54) is 4.90 Å². The van der Waals surface area contributed by atoms with Crippen LogP contribution in [0, 0.1) is 0 Å². The van der Waals surface area contributed by atoms with Gasteiger partial charge >= 0.3 is 6.03 Å². The lowest BCUT2D eigenvalue weighted by Gasteiger charge is -2.37. The number of nitrogens with one attached hydrogen (secondary N) is 1. The van der Waals surface area contributed by atoms with E-state index in [4.69, 9.17) is 5.73 Å². The van der Waals surface area contributed by atoms with Crippen molar-refractivity contribution in [2.45, 2.75) is 37.8 Å². The third-order valence-electron chi connectivity index (χ3n) is 6.41. The number of hydrogen-bond donors (Lipinski definition) is 2. The van der Waals surface area contributed by atoms with Gasteiger partial charge in [0.15, 0.2) is 0 Å². The first kappa shape index (κ1) is 22.5. The van der Waals surface area contributed by atoms with E-state index in [-0.39, 0.29) is 18.5 Å². The number of rotatable bonds is 7. The minimum atomic E-state index is -0.790. The van der Waals surface area contributed by atoms with Gasteiger partial charge in [-0.3, -0.25) is 14.5 Å². The SMILES string of the molecule is NC(=O)c1ccccc1CCCN1CCC2(CC1)NC(=O)N(Cc1ccc(Br)cc1)C2=O. The molecule has 0 radical (unpaired) electrons. The molecular formula is C24H27BrN4O3. The number of amides is 4. The standard InChI is InChI=1S/C24H27BrN4O3/c25-19-9-7-17(8-10-19)16-29-22(31)24(27-23(29)32)11-14-28(15-12-24)13-3-5-18-4-1-2-6-20(18)21(26)30/h1-2,4,6-10H,3,5,11-16H2,(H2,26,30)(H,27,32). The van der Waals surface area contributed by atoms with Gasteiger partial charge in [-0.15, -0.1) is 0 Å². The minimum Gasteiger partial charge on any atom is -0.366 e. The highest BCUT2D eigenvalue weighted by Gasteiger charge is 2.52. The first-order valence-electron chi connectivity index (χ1n) is 10.9. The predicted octanol–water partition coefficient (Wildman–Crippen LogP) is 3.07. The fourth-order valence-corrected chi connectivity index (χ4v) is 4.83. The topological polar surface area (TPSA) is 95.7 Å². The molecule has 2 aromatic rings. The van der Waals surface area contributed by atoms with Gasteiger partial charge in [-0.25, -0.2) is 4.79 Å². The smallest absolute Gasteiger partial charge is 0.325 e. The molecule has 2 aromatic carbocycles. The molecule has 8 heteroatoms. The molecule has 3 N–H and O–H groups in total. The van der Waals surface area contributed by atoms with E-state index in [9.17, 15) is 14.4 Å². The third-order valence-corrected chi connectivity index (χ3v) is 6.94. The maximum absolute atomic E-state index is 13.1. The fraction of sp³-hybridized carbons (Fsp3) is 0.375. The highest BCUT2D eigenvalue weighted by Crippen LogP contribution is 2.30.